The summed E-state index contributed by atoms with van der Waals surface area (Å²) in [4.78, 5) is 24.6. The van der Waals surface area contributed by atoms with Crippen LogP contribution in [-0.2, 0) is 4.79 Å². The van der Waals surface area contributed by atoms with Crippen molar-refractivity contribution in [1.82, 2.24) is 10.2 Å². The number of aliphatic carboxylic acids is 1. The maximum Gasteiger partial charge on any atom is 0.317 e. The summed E-state index contributed by atoms with van der Waals surface area (Å²) in [6.45, 7) is 2.47. The first-order chi connectivity index (χ1) is 11.5. The highest BCUT2D eigenvalue weighted by Crippen LogP contribution is 2.37. The van der Waals surface area contributed by atoms with Crippen LogP contribution < -0.4 is 5.32 Å². The van der Waals surface area contributed by atoms with Crippen LogP contribution in [0.25, 0.3) is 0 Å². The second-order valence-electron chi connectivity index (χ2n) is 6.87. The highest BCUT2D eigenvalue weighted by atomic mass is 16.4. The van der Waals surface area contributed by atoms with Crippen LogP contribution in [-0.4, -0.2) is 42.1 Å². The molecule has 132 valence electrons. The lowest BCUT2D eigenvalue weighted by atomic mass is 9.75. The molecule has 0 spiro atoms. The van der Waals surface area contributed by atoms with Gasteiger partial charge in [-0.25, -0.2) is 4.79 Å². The highest BCUT2D eigenvalue weighted by Gasteiger charge is 2.27. The van der Waals surface area contributed by atoms with Crippen molar-refractivity contribution in [2.24, 2.45) is 11.8 Å². The average Bonchev–Trinajstić information content (AvgIpc) is 2.60. The van der Waals surface area contributed by atoms with Crippen LogP contribution >= 0.6 is 0 Å². The normalized spacial score (nSPS) is 21.8. The molecule has 1 saturated carbocycles. The summed E-state index contributed by atoms with van der Waals surface area (Å²) in [5, 5.41) is 11.9. The summed E-state index contributed by atoms with van der Waals surface area (Å²) in [5.74, 6) is -0.516. The van der Waals surface area contributed by atoms with E-state index in [1.807, 2.05) is 6.07 Å². The van der Waals surface area contributed by atoms with Crippen molar-refractivity contribution in [3.05, 3.63) is 35.9 Å². The Hall–Kier alpha value is -2.04. The Morgan fingerprint density at radius 3 is 2.58 bits per heavy atom. The van der Waals surface area contributed by atoms with Crippen molar-refractivity contribution < 1.29 is 14.7 Å². The van der Waals surface area contributed by atoms with E-state index in [0.717, 1.165) is 12.8 Å². The number of rotatable bonds is 6. The van der Waals surface area contributed by atoms with Crippen molar-refractivity contribution in [1.29, 1.82) is 0 Å². The number of amides is 2. The van der Waals surface area contributed by atoms with Crippen LogP contribution in [0, 0.1) is 11.8 Å². The molecular weight excluding hydrogens is 304 g/mol. The Bertz CT molecular complexity index is 547. The molecule has 1 aromatic carbocycles. The van der Waals surface area contributed by atoms with E-state index in [1.165, 1.54) is 23.3 Å². The van der Waals surface area contributed by atoms with Gasteiger partial charge < -0.3 is 15.3 Å². The Morgan fingerprint density at radius 1 is 1.25 bits per heavy atom. The van der Waals surface area contributed by atoms with Crippen LogP contribution in [0.2, 0.25) is 0 Å². The zero-order chi connectivity index (χ0) is 17.5. The van der Waals surface area contributed by atoms with Gasteiger partial charge in [-0.3, -0.25) is 4.79 Å². The van der Waals surface area contributed by atoms with E-state index < -0.39 is 11.9 Å². The fourth-order valence-corrected chi connectivity index (χ4v) is 3.52. The van der Waals surface area contributed by atoms with Crippen molar-refractivity contribution in [3.63, 3.8) is 0 Å². The Labute approximate surface area is 144 Å². The minimum absolute atomic E-state index is 0.194. The third kappa shape index (κ3) is 4.98. The maximum absolute atomic E-state index is 12.2. The fourth-order valence-electron chi connectivity index (χ4n) is 3.52. The topological polar surface area (TPSA) is 69.6 Å². The number of hydrogen-bond donors (Lipinski definition) is 2. The summed E-state index contributed by atoms with van der Waals surface area (Å²) in [5.41, 5.74) is 1.35. The van der Waals surface area contributed by atoms with E-state index in [2.05, 4.69) is 29.6 Å². The van der Waals surface area contributed by atoms with Gasteiger partial charge in [-0.1, -0.05) is 50.1 Å². The van der Waals surface area contributed by atoms with Gasteiger partial charge in [0.25, 0.3) is 0 Å². The Balaban J connectivity index is 1.89. The second-order valence-corrected chi connectivity index (χ2v) is 6.87. The lowest BCUT2D eigenvalue weighted by molar-refractivity contribution is -0.141. The van der Waals surface area contributed by atoms with Crippen molar-refractivity contribution in [3.8, 4) is 0 Å². The summed E-state index contributed by atoms with van der Waals surface area (Å²) < 4.78 is 0. The number of hydrogen-bond acceptors (Lipinski definition) is 2. The van der Waals surface area contributed by atoms with E-state index >= 15 is 0 Å². The van der Waals surface area contributed by atoms with Gasteiger partial charge in [-0.15, -0.1) is 0 Å². The molecule has 2 amide bonds. The van der Waals surface area contributed by atoms with Crippen LogP contribution in [0.4, 0.5) is 4.79 Å². The molecule has 5 heteroatoms. The van der Waals surface area contributed by atoms with Gasteiger partial charge in [0, 0.05) is 20.1 Å². The largest absolute Gasteiger partial charge is 0.481 e. The predicted octanol–water partition coefficient (Wildman–Crippen LogP) is 3.32. The molecule has 0 aromatic heterocycles. The van der Waals surface area contributed by atoms with Crippen molar-refractivity contribution in [2.75, 3.05) is 20.1 Å². The first-order valence-electron chi connectivity index (χ1n) is 8.75. The molecule has 24 heavy (non-hydrogen) atoms. The molecule has 1 aromatic rings. The molecule has 2 rings (SSSR count). The number of carbonyl (C=O) groups excluding carboxylic acids is 1. The lowest BCUT2D eigenvalue weighted by Crippen LogP contribution is -2.43. The highest BCUT2D eigenvalue weighted by molar-refractivity contribution is 5.75. The third-order valence-electron chi connectivity index (χ3n) is 4.97. The molecule has 0 saturated heterocycles. The fraction of sp³-hybridized carbons (Fsp3) is 0.579. The molecule has 0 bridgehead atoms. The van der Waals surface area contributed by atoms with Crippen LogP contribution in [0.5, 0.6) is 0 Å². The van der Waals surface area contributed by atoms with Gasteiger partial charge in [0.05, 0.1) is 5.92 Å². The molecule has 0 heterocycles. The molecule has 1 fully saturated rings. The quantitative estimate of drug-likeness (QED) is 0.839. The number of carboxylic acids is 1. The third-order valence-corrected chi connectivity index (χ3v) is 4.97. The van der Waals surface area contributed by atoms with Gasteiger partial charge in [-0.2, -0.15) is 0 Å². The monoisotopic (exact) mass is 332 g/mol. The first kappa shape index (κ1) is 18.3. The van der Waals surface area contributed by atoms with E-state index in [0.29, 0.717) is 18.4 Å². The predicted molar refractivity (Wildman–Crippen MR) is 94.0 cm³/mol. The summed E-state index contributed by atoms with van der Waals surface area (Å²) in [7, 11) is 1.64. The molecule has 5 nitrogen and oxygen atoms in total. The zero-order valence-electron chi connectivity index (χ0n) is 14.6. The second kappa shape index (κ2) is 8.71. The molecule has 0 radical (unpaired) electrons. The number of carbonyl (C=O) groups is 2. The lowest BCUT2D eigenvalue weighted by Gasteiger charge is -2.32. The van der Waals surface area contributed by atoms with Crippen LogP contribution in [0.3, 0.4) is 0 Å². The Kier molecular flexibility index (Phi) is 6.64. The maximum atomic E-state index is 12.2. The molecule has 1 aliphatic rings. The van der Waals surface area contributed by atoms with E-state index in [4.69, 9.17) is 5.11 Å². The number of urea groups is 1. The number of nitrogens with one attached hydrogen (secondary N) is 1. The van der Waals surface area contributed by atoms with Gasteiger partial charge in [0.1, 0.15) is 0 Å². The van der Waals surface area contributed by atoms with Gasteiger partial charge in [-0.05, 0) is 30.2 Å². The van der Waals surface area contributed by atoms with Crippen LogP contribution in [0.1, 0.15) is 44.1 Å². The first-order valence-corrected chi connectivity index (χ1v) is 8.75. The van der Waals surface area contributed by atoms with Gasteiger partial charge in [0.2, 0.25) is 0 Å². The van der Waals surface area contributed by atoms with E-state index in [-0.39, 0.29) is 12.6 Å². The summed E-state index contributed by atoms with van der Waals surface area (Å²) >= 11 is 0. The number of benzene rings is 1. The minimum Gasteiger partial charge on any atom is -0.481 e. The van der Waals surface area contributed by atoms with Crippen molar-refractivity contribution in [2.45, 2.75) is 38.5 Å². The standard InChI is InChI=1S/C19H28N2O3/c1-14(18(22)23)13-21(2)19(24)20-12-16-10-6-7-11-17(16)15-8-4-3-5-9-15/h3-5,8-9,14,16-17H,6-7,10-13H2,1-2H3,(H,20,24)(H,22,23). The average molecular weight is 332 g/mol. The van der Waals surface area contributed by atoms with Gasteiger partial charge >= 0.3 is 12.0 Å². The van der Waals surface area contributed by atoms with Gasteiger partial charge in [0.15, 0.2) is 0 Å². The number of nitrogens with zero attached hydrogens (tertiary/aromatic N) is 1. The molecule has 3 unspecified atom stereocenters. The summed E-state index contributed by atoms with van der Waals surface area (Å²) in [6, 6.07) is 10.3. The number of carboxylic acid groups (broad SMARTS) is 1. The van der Waals surface area contributed by atoms with E-state index in [1.54, 1.807) is 14.0 Å². The summed E-state index contributed by atoms with van der Waals surface area (Å²) in [6.07, 6.45) is 4.72. The smallest absolute Gasteiger partial charge is 0.317 e. The SMILES string of the molecule is CC(CN(C)C(=O)NCC1CCCCC1c1ccccc1)C(=O)O. The molecular formula is C19H28N2O3. The molecule has 0 aliphatic heterocycles. The van der Waals surface area contributed by atoms with E-state index in [9.17, 15) is 9.59 Å². The Morgan fingerprint density at radius 2 is 1.92 bits per heavy atom. The molecule has 2 N–H and O–H groups in total. The van der Waals surface area contributed by atoms with Crippen LogP contribution in [0.15, 0.2) is 30.3 Å². The molecule has 3 atom stereocenters. The van der Waals surface area contributed by atoms with Crippen molar-refractivity contribution >= 4 is 12.0 Å². The zero-order valence-corrected chi connectivity index (χ0v) is 14.6. The molecule has 1 aliphatic carbocycles. The minimum atomic E-state index is -0.883.